The van der Waals surface area contributed by atoms with Crippen molar-refractivity contribution in [2.75, 3.05) is 19.6 Å². The molecule has 1 aliphatic rings. The van der Waals surface area contributed by atoms with Crippen molar-refractivity contribution in [3.63, 3.8) is 0 Å². The van der Waals surface area contributed by atoms with Crippen LogP contribution in [0.25, 0.3) is 0 Å². The van der Waals surface area contributed by atoms with Gasteiger partial charge in [-0.25, -0.2) is 8.42 Å². The molecule has 1 heterocycles. The monoisotopic (exact) mass is 310 g/mol. The van der Waals surface area contributed by atoms with E-state index in [9.17, 15) is 8.42 Å². The van der Waals surface area contributed by atoms with Crippen molar-refractivity contribution < 1.29 is 8.42 Å². The molecule has 0 aromatic heterocycles. The Morgan fingerprint density at radius 1 is 1.29 bits per heavy atom. The number of nitrogens with zero attached hydrogens (tertiary/aromatic N) is 1. The number of hydrogen-bond donors (Lipinski definition) is 1. The predicted octanol–water partition coefficient (Wildman–Crippen LogP) is 2.46. The largest absolute Gasteiger partial charge is 0.313 e. The van der Waals surface area contributed by atoms with Gasteiger partial charge in [-0.3, -0.25) is 0 Å². The van der Waals surface area contributed by atoms with E-state index in [1.165, 1.54) is 12.8 Å². The van der Waals surface area contributed by atoms with Crippen molar-refractivity contribution in [1.29, 1.82) is 0 Å². The number of likely N-dealkylation sites (N-methyl/N-ethyl adjacent to an activating group) is 1. The lowest BCUT2D eigenvalue weighted by Gasteiger charge is -2.29. The zero-order valence-electron chi connectivity index (χ0n) is 13.2. The second-order valence-corrected chi connectivity index (χ2v) is 7.78. The minimum atomic E-state index is -3.41. The molecule has 0 amide bonds. The molecule has 0 bridgehead atoms. The van der Waals surface area contributed by atoms with Crippen LogP contribution in [0.2, 0.25) is 0 Å². The van der Waals surface area contributed by atoms with E-state index in [0.29, 0.717) is 18.0 Å². The van der Waals surface area contributed by atoms with Crippen LogP contribution in [0.3, 0.4) is 0 Å². The van der Waals surface area contributed by atoms with Crippen LogP contribution < -0.4 is 5.32 Å². The first kappa shape index (κ1) is 16.5. The highest BCUT2D eigenvalue weighted by molar-refractivity contribution is 7.89. The smallest absolute Gasteiger partial charge is 0.243 e. The fourth-order valence-corrected chi connectivity index (χ4v) is 4.65. The number of sulfonamides is 1. The second kappa shape index (κ2) is 6.90. The SMILES string of the molecule is CCN(CC1CCCCN1)S(=O)(=O)c1cc(C)ccc1C. The van der Waals surface area contributed by atoms with Crippen molar-refractivity contribution in [2.45, 2.75) is 51.0 Å². The van der Waals surface area contributed by atoms with Gasteiger partial charge in [0.1, 0.15) is 0 Å². The summed E-state index contributed by atoms with van der Waals surface area (Å²) in [6, 6.07) is 5.89. The van der Waals surface area contributed by atoms with Crippen LogP contribution in [-0.4, -0.2) is 38.4 Å². The van der Waals surface area contributed by atoms with E-state index in [1.54, 1.807) is 10.4 Å². The van der Waals surface area contributed by atoms with E-state index in [1.807, 2.05) is 32.9 Å². The van der Waals surface area contributed by atoms with Gasteiger partial charge in [-0.15, -0.1) is 0 Å². The lowest BCUT2D eigenvalue weighted by molar-refractivity contribution is 0.319. The van der Waals surface area contributed by atoms with E-state index in [2.05, 4.69) is 5.32 Å². The van der Waals surface area contributed by atoms with Gasteiger partial charge in [0, 0.05) is 19.1 Å². The molecule has 1 unspecified atom stereocenters. The summed E-state index contributed by atoms with van der Waals surface area (Å²) in [6.45, 7) is 7.76. The van der Waals surface area contributed by atoms with Gasteiger partial charge in [-0.1, -0.05) is 25.5 Å². The van der Waals surface area contributed by atoms with E-state index in [0.717, 1.165) is 24.1 Å². The number of nitrogens with one attached hydrogen (secondary N) is 1. The topological polar surface area (TPSA) is 49.4 Å². The van der Waals surface area contributed by atoms with Crippen molar-refractivity contribution >= 4 is 10.0 Å². The Labute approximate surface area is 128 Å². The molecule has 118 valence electrons. The highest BCUT2D eigenvalue weighted by Crippen LogP contribution is 2.22. The Kier molecular flexibility index (Phi) is 5.41. The quantitative estimate of drug-likeness (QED) is 0.909. The van der Waals surface area contributed by atoms with Gasteiger partial charge in [-0.05, 0) is 50.4 Å². The van der Waals surface area contributed by atoms with Crippen LogP contribution in [0.1, 0.15) is 37.3 Å². The van der Waals surface area contributed by atoms with Gasteiger partial charge in [0.2, 0.25) is 10.0 Å². The summed E-state index contributed by atoms with van der Waals surface area (Å²) < 4.78 is 27.4. The molecule has 0 saturated carbocycles. The number of aryl methyl sites for hydroxylation is 2. The van der Waals surface area contributed by atoms with Crippen LogP contribution in [-0.2, 0) is 10.0 Å². The minimum Gasteiger partial charge on any atom is -0.313 e. The summed E-state index contributed by atoms with van der Waals surface area (Å²) in [5, 5.41) is 3.43. The van der Waals surface area contributed by atoms with E-state index in [-0.39, 0.29) is 6.04 Å². The first-order valence-corrected chi connectivity index (χ1v) is 9.20. The Morgan fingerprint density at radius 3 is 2.67 bits per heavy atom. The fraction of sp³-hybridized carbons (Fsp3) is 0.625. The third-order valence-corrected chi connectivity index (χ3v) is 6.23. The van der Waals surface area contributed by atoms with Gasteiger partial charge in [0.05, 0.1) is 4.90 Å². The van der Waals surface area contributed by atoms with E-state index < -0.39 is 10.0 Å². The lowest BCUT2D eigenvalue weighted by atomic mass is 10.1. The number of piperidine rings is 1. The van der Waals surface area contributed by atoms with E-state index in [4.69, 9.17) is 0 Å². The average Bonchev–Trinajstić information content (AvgIpc) is 2.48. The molecule has 1 fully saturated rings. The maximum absolute atomic E-state index is 12.9. The molecule has 2 rings (SSSR count). The zero-order chi connectivity index (χ0) is 15.5. The van der Waals surface area contributed by atoms with Gasteiger partial charge < -0.3 is 5.32 Å². The fourth-order valence-electron chi connectivity index (χ4n) is 2.85. The second-order valence-electron chi connectivity index (χ2n) is 5.87. The molecule has 1 aromatic carbocycles. The first-order chi connectivity index (χ1) is 9.95. The highest BCUT2D eigenvalue weighted by Gasteiger charge is 2.27. The average molecular weight is 310 g/mol. The van der Waals surface area contributed by atoms with Crippen molar-refractivity contribution in [3.05, 3.63) is 29.3 Å². The lowest BCUT2D eigenvalue weighted by Crippen LogP contribution is -2.45. The minimum absolute atomic E-state index is 0.276. The van der Waals surface area contributed by atoms with Crippen LogP contribution in [0.4, 0.5) is 0 Å². The standard InChI is InChI=1S/C16H26N2O2S/c1-4-18(12-15-7-5-6-10-17-15)21(19,20)16-11-13(2)8-9-14(16)3/h8-9,11,15,17H,4-7,10,12H2,1-3H3. The highest BCUT2D eigenvalue weighted by atomic mass is 32.2. The molecule has 1 saturated heterocycles. The number of benzene rings is 1. The van der Waals surface area contributed by atoms with Crippen molar-refractivity contribution in [2.24, 2.45) is 0 Å². The van der Waals surface area contributed by atoms with Crippen LogP contribution >= 0.6 is 0 Å². The normalized spacial score (nSPS) is 19.9. The van der Waals surface area contributed by atoms with Crippen LogP contribution in [0.15, 0.2) is 23.1 Å². The Bertz CT molecular complexity index is 578. The first-order valence-electron chi connectivity index (χ1n) is 7.76. The summed E-state index contributed by atoms with van der Waals surface area (Å²) in [5.41, 5.74) is 1.79. The molecule has 5 heteroatoms. The molecule has 0 aliphatic carbocycles. The van der Waals surface area contributed by atoms with E-state index >= 15 is 0 Å². The van der Waals surface area contributed by atoms with Gasteiger partial charge in [-0.2, -0.15) is 4.31 Å². The molecule has 1 aromatic rings. The summed E-state index contributed by atoms with van der Waals surface area (Å²) in [6.07, 6.45) is 3.42. The summed E-state index contributed by atoms with van der Waals surface area (Å²) in [7, 11) is -3.41. The molecular formula is C16H26N2O2S. The number of rotatable bonds is 5. The van der Waals surface area contributed by atoms with Crippen LogP contribution in [0, 0.1) is 13.8 Å². The Hall–Kier alpha value is -0.910. The Balaban J connectivity index is 2.24. The number of hydrogen-bond acceptors (Lipinski definition) is 3. The maximum Gasteiger partial charge on any atom is 0.243 e. The third kappa shape index (κ3) is 3.84. The molecular weight excluding hydrogens is 284 g/mol. The Morgan fingerprint density at radius 2 is 2.05 bits per heavy atom. The van der Waals surface area contributed by atoms with Gasteiger partial charge in [0.15, 0.2) is 0 Å². The molecule has 0 spiro atoms. The molecule has 1 aliphatic heterocycles. The summed E-state index contributed by atoms with van der Waals surface area (Å²) in [5.74, 6) is 0. The maximum atomic E-state index is 12.9. The van der Waals surface area contributed by atoms with Gasteiger partial charge in [0.25, 0.3) is 0 Å². The van der Waals surface area contributed by atoms with Gasteiger partial charge >= 0.3 is 0 Å². The molecule has 0 radical (unpaired) electrons. The van der Waals surface area contributed by atoms with Crippen LogP contribution in [0.5, 0.6) is 0 Å². The zero-order valence-corrected chi connectivity index (χ0v) is 14.0. The van der Waals surface area contributed by atoms with Crippen molar-refractivity contribution in [3.8, 4) is 0 Å². The molecule has 21 heavy (non-hydrogen) atoms. The summed E-state index contributed by atoms with van der Waals surface area (Å²) >= 11 is 0. The molecule has 1 N–H and O–H groups in total. The third-order valence-electron chi connectivity index (χ3n) is 4.15. The predicted molar refractivity (Wildman–Crippen MR) is 86.0 cm³/mol. The van der Waals surface area contributed by atoms with Crippen molar-refractivity contribution in [1.82, 2.24) is 9.62 Å². The molecule has 1 atom stereocenters. The molecule has 4 nitrogen and oxygen atoms in total. The summed E-state index contributed by atoms with van der Waals surface area (Å²) in [4.78, 5) is 0.445.